The largest absolute Gasteiger partial charge is 0.456 e. The van der Waals surface area contributed by atoms with Crippen LogP contribution in [0.25, 0.3) is 0 Å². The first-order valence-electron chi connectivity index (χ1n) is 10.8. The van der Waals surface area contributed by atoms with Crippen LogP contribution in [0.5, 0.6) is 0 Å². The normalized spacial score (nSPS) is 28.7. The third-order valence-corrected chi connectivity index (χ3v) is 5.47. The summed E-state index contributed by atoms with van der Waals surface area (Å²) < 4.78 is 5.42. The molecule has 0 aliphatic carbocycles. The number of carbonyl (C=O) groups is 5. The molecule has 1 aliphatic heterocycles. The minimum absolute atomic E-state index is 0.0224. The fraction of sp³-hybridized carbons (Fsp3) is 0.667. The maximum atomic E-state index is 12.8. The molecule has 0 spiro atoms. The van der Waals surface area contributed by atoms with Gasteiger partial charge in [0.1, 0.15) is 30.3 Å². The summed E-state index contributed by atoms with van der Waals surface area (Å²) in [5.41, 5.74) is 0. The summed E-state index contributed by atoms with van der Waals surface area (Å²) >= 11 is 8.24. The van der Waals surface area contributed by atoms with E-state index >= 15 is 0 Å². The number of esters is 1. The molecule has 186 valence electrons. The Kier molecular flexibility index (Phi) is 12.3. The van der Waals surface area contributed by atoms with Crippen molar-refractivity contribution in [2.24, 2.45) is 5.92 Å². The van der Waals surface area contributed by atoms with E-state index in [1.54, 1.807) is 26.0 Å². The van der Waals surface area contributed by atoms with Crippen molar-refractivity contribution in [3.05, 3.63) is 12.2 Å². The van der Waals surface area contributed by atoms with Crippen molar-refractivity contribution < 1.29 is 28.7 Å². The Morgan fingerprint density at radius 1 is 0.939 bits per heavy atom. The maximum absolute atomic E-state index is 12.8. The summed E-state index contributed by atoms with van der Waals surface area (Å²) in [6.07, 6.45) is 2.79. The van der Waals surface area contributed by atoms with E-state index in [-0.39, 0.29) is 18.1 Å². The molecule has 33 heavy (non-hydrogen) atoms. The summed E-state index contributed by atoms with van der Waals surface area (Å²) in [4.78, 5) is 63.0. The molecule has 4 amide bonds. The first kappa shape index (κ1) is 28.8. The van der Waals surface area contributed by atoms with Crippen LogP contribution in [-0.4, -0.2) is 71.4 Å². The van der Waals surface area contributed by atoms with Gasteiger partial charge in [-0.2, -0.15) is 25.3 Å². The highest BCUT2D eigenvalue weighted by atomic mass is 32.1. The van der Waals surface area contributed by atoms with E-state index in [1.807, 2.05) is 0 Å². The number of ether oxygens (including phenoxy) is 1. The molecule has 0 saturated carbocycles. The first-order chi connectivity index (χ1) is 15.5. The monoisotopic (exact) mass is 502 g/mol. The average molecular weight is 503 g/mol. The molecule has 0 aromatic carbocycles. The standard InChI is InChI=1S/C21H34N4O6S2/c1-11(2)17-20(29)23-13(4)21(30)31-14(7-5-6-8-32)9-16(26)22-12(3)18(27)24-15(10-33)19(28)25-17/h5,7,11-15,17,32-33H,6,8-10H2,1-4H3,(H,22,26)(H,23,29)(H,24,27)(H,25,28)/b7-5+/t12-,13-,14-,15-,17-/m1/s1. The first-order valence-corrected chi connectivity index (χ1v) is 12.1. The number of allylic oxidation sites excluding steroid dienone is 1. The van der Waals surface area contributed by atoms with E-state index in [0.717, 1.165) is 0 Å². The van der Waals surface area contributed by atoms with Crippen LogP contribution in [0, 0.1) is 5.92 Å². The van der Waals surface area contributed by atoms with Crippen LogP contribution >= 0.6 is 25.3 Å². The van der Waals surface area contributed by atoms with E-state index in [9.17, 15) is 24.0 Å². The van der Waals surface area contributed by atoms with Crippen LogP contribution < -0.4 is 21.3 Å². The molecular formula is C21H34N4O6S2. The van der Waals surface area contributed by atoms with Crippen molar-refractivity contribution in [1.29, 1.82) is 0 Å². The van der Waals surface area contributed by atoms with Gasteiger partial charge in [-0.3, -0.25) is 19.2 Å². The van der Waals surface area contributed by atoms with Crippen LogP contribution in [-0.2, 0) is 28.7 Å². The molecule has 0 aromatic heterocycles. The van der Waals surface area contributed by atoms with Gasteiger partial charge in [-0.05, 0) is 38.0 Å². The molecule has 0 radical (unpaired) electrons. The van der Waals surface area contributed by atoms with Crippen molar-refractivity contribution in [2.75, 3.05) is 11.5 Å². The molecule has 1 aliphatic rings. The molecule has 1 heterocycles. The highest BCUT2D eigenvalue weighted by Crippen LogP contribution is 2.08. The van der Waals surface area contributed by atoms with Crippen molar-refractivity contribution in [2.45, 2.75) is 70.8 Å². The van der Waals surface area contributed by atoms with Crippen LogP contribution in [0.15, 0.2) is 12.2 Å². The number of carbonyl (C=O) groups excluding carboxylic acids is 5. The zero-order chi connectivity index (χ0) is 25.1. The van der Waals surface area contributed by atoms with Gasteiger partial charge < -0.3 is 26.0 Å². The fourth-order valence-corrected chi connectivity index (χ4v) is 3.32. The number of hydrogen-bond acceptors (Lipinski definition) is 8. The van der Waals surface area contributed by atoms with Crippen molar-refractivity contribution in [3.8, 4) is 0 Å². The zero-order valence-electron chi connectivity index (χ0n) is 19.3. The lowest BCUT2D eigenvalue weighted by Crippen LogP contribution is -2.59. The Hall–Kier alpha value is -2.21. The minimum Gasteiger partial charge on any atom is -0.456 e. The third-order valence-electron chi connectivity index (χ3n) is 4.85. The van der Waals surface area contributed by atoms with Gasteiger partial charge >= 0.3 is 5.97 Å². The second-order valence-electron chi connectivity index (χ2n) is 8.11. The quantitative estimate of drug-likeness (QED) is 0.174. The van der Waals surface area contributed by atoms with Gasteiger partial charge in [0.15, 0.2) is 0 Å². The molecular weight excluding hydrogens is 468 g/mol. The summed E-state index contributed by atoms with van der Waals surface area (Å²) in [5, 5.41) is 10.2. The molecule has 0 unspecified atom stereocenters. The highest BCUT2D eigenvalue weighted by Gasteiger charge is 2.32. The van der Waals surface area contributed by atoms with Crippen LogP contribution in [0.3, 0.4) is 0 Å². The Balaban J connectivity index is 3.22. The third kappa shape index (κ3) is 9.66. The number of rotatable bonds is 5. The van der Waals surface area contributed by atoms with E-state index in [0.29, 0.717) is 12.2 Å². The van der Waals surface area contributed by atoms with Crippen LogP contribution in [0.4, 0.5) is 0 Å². The van der Waals surface area contributed by atoms with Gasteiger partial charge in [0.05, 0.1) is 6.42 Å². The van der Waals surface area contributed by atoms with Crippen molar-refractivity contribution in [1.82, 2.24) is 21.3 Å². The Bertz CT molecular complexity index is 761. The lowest BCUT2D eigenvalue weighted by atomic mass is 10.0. The smallest absolute Gasteiger partial charge is 0.328 e. The number of thiol groups is 2. The Morgan fingerprint density at radius 2 is 1.61 bits per heavy atom. The lowest BCUT2D eigenvalue weighted by Gasteiger charge is -2.27. The molecule has 1 saturated heterocycles. The SMILES string of the molecule is CC(C)[C@H]1NC(=O)[C@@H](CS)NC(=O)[C@@H](C)NC(=O)C[C@@H](/C=C/CCS)OC(=O)[C@@H](C)NC1=O. The summed E-state index contributed by atoms with van der Waals surface area (Å²) in [5.74, 6) is -2.80. The van der Waals surface area contributed by atoms with Gasteiger partial charge in [0.25, 0.3) is 0 Å². The Morgan fingerprint density at radius 3 is 2.18 bits per heavy atom. The van der Waals surface area contributed by atoms with Gasteiger partial charge in [0.2, 0.25) is 23.6 Å². The summed E-state index contributed by atoms with van der Waals surface area (Å²) in [7, 11) is 0. The molecule has 0 bridgehead atoms. The van der Waals surface area contributed by atoms with Gasteiger partial charge in [0, 0.05) is 5.75 Å². The zero-order valence-corrected chi connectivity index (χ0v) is 21.1. The minimum atomic E-state index is -1.03. The van der Waals surface area contributed by atoms with Crippen molar-refractivity contribution in [3.63, 3.8) is 0 Å². The Labute approximate surface area is 205 Å². The second kappa shape index (κ2) is 14.1. The van der Waals surface area contributed by atoms with E-state index < -0.39 is 59.9 Å². The lowest BCUT2D eigenvalue weighted by molar-refractivity contribution is -0.152. The van der Waals surface area contributed by atoms with Gasteiger partial charge in [-0.25, -0.2) is 4.79 Å². The van der Waals surface area contributed by atoms with Gasteiger partial charge in [-0.1, -0.05) is 19.9 Å². The van der Waals surface area contributed by atoms with Crippen LogP contribution in [0.2, 0.25) is 0 Å². The van der Waals surface area contributed by atoms with E-state index in [1.165, 1.54) is 13.8 Å². The molecule has 4 N–H and O–H groups in total. The number of nitrogens with one attached hydrogen (secondary N) is 4. The molecule has 10 nitrogen and oxygen atoms in total. The van der Waals surface area contributed by atoms with Crippen molar-refractivity contribution >= 4 is 54.9 Å². The average Bonchev–Trinajstić information content (AvgIpc) is 2.74. The topological polar surface area (TPSA) is 143 Å². The van der Waals surface area contributed by atoms with Gasteiger partial charge in [-0.15, -0.1) is 0 Å². The summed E-state index contributed by atoms with van der Waals surface area (Å²) in [6, 6.07) is -3.96. The molecule has 1 rings (SSSR count). The highest BCUT2D eigenvalue weighted by molar-refractivity contribution is 7.80. The van der Waals surface area contributed by atoms with E-state index in [2.05, 4.69) is 46.5 Å². The predicted molar refractivity (Wildman–Crippen MR) is 130 cm³/mol. The second-order valence-corrected chi connectivity index (χ2v) is 8.93. The molecule has 12 heteroatoms. The number of cyclic esters (lactones) is 1. The molecule has 0 aromatic rings. The molecule has 5 atom stereocenters. The van der Waals surface area contributed by atoms with E-state index in [4.69, 9.17) is 4.74 Å². The predicted octanol–water partition coefficient (Wildman–Crippen LogP) is -0.257. The fourth-order valence-electron chi connectivity index (χ4n) is 2.91. The summed E-state index contributed by atoms with van der Waals surface area (Å²) in [6.45, 7) is 6.39. The number of amides is 4. The molecule has 1 fully saturated rings. The number of hydrogen-bond donors (Lipinski definition) is 6. The maximum Gasteiger partial charge on any atom is 0.328 e. The van der Waals surface area contributed by atoms with Crippen LogP contribution in [0.1, 0.15) is 40.5 Å².